The van der Waals surface area contributed by atoms with Gasteiger partial charge in [0.2, 0.25) is 0 Å². The highest BCUT2D eigenvalue weighted by Crippen LogP contribution is 2.31. The first kappa shape index (κ1) is 11.2. The Labute approximate surface area is 102 Å². The van der Waals surface area contributed by atoms with Crippen LogP contribution in [0.3, 0.4) is 0 Å². The van der Waals surface area contributed by atoms with Gasteiger partial charge in [0.1, 0.15) is 0 Å². The summed E-state index contributed by atoms with van der Waals surface area (Å²) < 4.78 is 0. The van der Waals surface area contributed by atoms with Gasteiger partial charge in [-0.2, -0.15) is 0 Å². The molecule has 0 aliphatic rings. The Balaban J connectivity index is 2.60. The van der Waals surface area contributed by atoms with Crippen LogP contribution in [0.1, 0.15) is 15.2 Å². The average molecular weight is 253 g/mol. The zero-order valence-corrected chi connectivity index (χ0v) is 10.1. The van der Waals surface area contributed by atoms with Crippen molar-refractivity contribution in [1.82, 2.24) is 0 Å². The third-order valence-electron chi connectivity index (χ3n) is 2.22. The van der Waals surface area contributed by atoms with Crippen LogP contribution in [0.15, 0.2) is 30.3 Å². The molecule has 0 radical (unpaired) electrons. The summed E-state index contributed by atoms with van der Waals surface area (Å²) in [7, 11) is 0. The van der Waals surface area contributed by atoms with E-state index in [1.54, 1.807) is 23.5 Å². The van der Waals surface area contributed by atoms with Crippen LogP contribution >= 0.6 is 22.9 Å². The fourth-order valence-electron chi connectivity index (χ4n) is 1.49. The summed E-state index contributed by atoms with van der Waals surface area (Å²) in [6.45, 7) is 1.99. The van der Waals surface area contributed by atoms with E-state index < -0.39 is 5.97 Å². The van der Waals surface area contributed by atoms with E-state index in [-0.39, 0.29) is 5.56 Å². The van der Waals surface area contributed by atoms with E-state index in [9.17, 15) is 4.79 Å². The van der Waals surface area contributed by atoms with Gasteiger partial charge in [-0.1, -0.05) is 17.7 Å². The molecule has 0 aliphatic heterocycles. The molecule has 0 unspecified atom stereocenters. The molecule has 0 aliphatic carbocycles. The van der Waals surface area contributed by atoms with Crippen molar-refractivity contribution in [2.75, 3.05) is 0 Å². The number of carboxylic acid groups (broad SMARTS) is 1. The maximum atomic E-state index is 11.1. The predicted molar refractivity (Wildman–Crippen MR) is 66.5 cm³/mol. The Hall–Kier alpha value is -1.32. The molecule has 1 heterocycles. The number of benzene rings is 1. The summed E-state index contributed by atoms with van der Waals surface area (Å²) in [6.07, 6.45) is 0. The van der Waals surface area contributed by atoms with Gasteiger partial charge >= 0.3 is 5.97 Å². The van der Waals surface area contributed by atoms with Crippen LogP contribution in [0.5, 0.6) is 0 Å². The van der Waals surface area contributed by atoms with Crippen molar-refractivity contribution in [2.24, 2.45) is 0 Å². The highest BCUT2D eigenvalue weighted by molar-refractivity contribution is 7.15. The number of aromatic carboxylic acids is 1. The summed E-state index contributed by atoms with van der Waals surface area (Å²) in [5.41, 5.74) is 0.962. The molecular formula is C12H9ClO2S. The van der Waals surface area contributed by atoms with Crippen molar-refractivity contribution in [3.05, 3.63) is 45.8 Å². The molecule has 0 bridgehead atoms. The number of thiophene rings is 1. The first-order valence-corrected chi connectivity index (χ1v) is 5.87. The number of hydrogen-bond donors (Lipinski definition) is 1. The number of rotatable bonds is 2. The second kappa shape index (κ2) is 4.28. The van der Waals surface area contributed by atoms with Crippen molar-refractivity contribution in [2.45, 2.75) is 6.92 Å². The number of halogens is 1. The first-order chi connectivity index (χ1) is 7.58. The minimum atomic E-state index is -0.955. The van der Waals surface area contributed by atoms with Gasteiger partial charge in [0, 0.05) is 20.3 Å². The number of carbonyl (C=O) groups is 1. The van der Waals surface area contributed by atoms with Crippen LogP contribution < -0.4 is 0 Å². The molecule has 0 atom stereocenters. The van der Waals surface area contributed by atoms with Crippen LogP contribution in [-0.4, -0.2) is 11.1 Å². The van der Waals surface area contributed by atoms with Gasteiger partial charge in [-0.05, 0) is 31.2 Å². The van der Waals surface area contributed by atoms with E-state index in [1.807, 2.05) is 19.1 Å². The van der Waals surface area contributed by atoms with Gasteiger partial charge < -0.3 is 5.11 Å². The van der Waals surface area contributed by atoms with Crippen molar-refractivity contribution < 1.29 is 9.90 Å². The second-order valence-corrected chi connectivity index (χ2v) is 5.13. The second-order valence-electron chi connectivity index (χ2n) is 3.41. The average Bonchev–Trinajstić information content (AvgIpc) is 2.64. The monoisotopic (exact) mass is 252 g/mol. The van der Waals surface area contributed by atoms with Crippen molar-refractivity contribution in [3.63, 3.8) is 0 Å². The van der Waals surface area contributed by atoms with Crippen molar-refractivity contribution >= 4 is 28.9 Å². The van der Waals surface area contributed by atoms with Gasteiger partial charge in [0.15, 0.2) is 0 Å². The van der Waals surface area contributed by atoms with E-state index in [0.29, 0.717) is 5.02 Å². The lowest BCUT2D eigenvalue weighted by Gasteiger charge is -2.03. The topological polar surface area (TPSA) is 37.3 Å². The highest BCUT2D eigenvalue weighted by atomic mass is 35.5. The van der Waals surface area contributed by atoms with Crippen LogP contribution in [0, 0.1) is 6.92 Å². The Morgan fingerprint density at radius 3 is 2.62 bits per heavy atom. The van der Waals surface area contributed by atoms with Gasteiger partial charge in [-0.3, -0.25) is 0 Å². The number of carboxylic acids is 1. The molecule has 2 rings (SSSR count). The SMILES string of the molecule is Cc1ccc(-c2ccc(Cl)cc2C(=O)O)s1. The molecule has 0 spiro atoms. The van der Waals surface area contributed by atoms with Crippen LogP contribution in [0.25, 0.3) is 10.4 Å². The zero-order chi connectivity index (χ0) is 11.7. The lowest BCUT2D eigenvalue weighted by atomic mass is 10.1. The fraction of sp³-hybridized carbons (Fsp3) is 0.0833. The molecule has 1 aromatic carbocycles. The Morgan fingerprint density at radius 1 is 1.31 bits per heavy atom. The number of hydrogen-bond acceptors (Lipinski definition) is 2. The third kappa shape index (κ3) is 2.10. The summed E-state index contributed by atoms with van der Waals surface area (Å²) in [4.78, 5) is 13.2. The molecule has 82 valence electrons. The van der Waals surface area contributed by atoms with Crippen molar-refractivity contribution in [1.29, 1.82) is 0 Å². The molecule has 2 nitrogen and oxygen atoms in total. The molecule has 16 heavy (non-hydrogen) atoms. The summed E-state index contributed by atoms with van der Waals surface area (Å²) in [5.74, 6) is -0.955. The molecule has 0 amide bonds. The first-order valence-electron chi connectivity index (χ1n) is 4.67. The Bertz CT molecular complexity index is 546. The smallest absolute Gasteiger partial charge is 0.336 e. The van der Waals surface area contributed by atoms with E-state index in [4.69, 9.17) is 16.7 Å². The maximum Gasteiger partial charge on any atom is 0.336 e. The molecular weight excluding hydrogens is 244 g/mol. The van der Waals surface area contributed by atoms with Gasteiger partial charge in [0.05, 0.1) is 5.56 Å². The summed E-state index contributed by atoms with van der Waals surface area (Å²) in [6, 6.07) is 8.83. The maximum absolute atomic E-state index is 11.1. The van der Waals surface area contributed by atoms with Gasteiger partial charge in [0.25, 0.3) is 0 Å². The van der Waals surface area contributed by atoms with Crippen LogP contribution in [0.2, 0.25) is 5.02 Å². The summed E-state index contributed by atoms with van der Waals surface area (Å²) in [5, 5.41) is 9.54. The standard InChI is InChI=1S/C12H9ClO2S/c1-7-2-5-11(16-7)9-4-3-8(13)6-10(9)12(14)15/h2-6H,1H3,(H,14,15). The molecule has 0 fully saturated rings. The molecule has 2 aromatic rings. The third-order valence-corrected chi connectivity index (χ3v) is 3.49. The van der Waals surface area contributed by atoms with Crippen LogP contribution in [-0.2, 0) is 0 Å². The highest BCUT2D eigenvalue weighted by Gasteiger charge is 2.13. The Kier molecular flexibility index (Phi) is 2.99. The van der Waals surface area contributed by atoms with E-state index in [2.05, 4.69) is 0 Å². The lowest BCUT2D eigenvalue weighted by Crippen LogP contribution is -1.98. The van der Waals surface area contributed by atoms with Crippen molar-refractivity contribution in [3.8, 4) is 10.4 Å². The molecule has 1 N–H and O–H groups in total. The lowest BCUT2D eigenvalue weighted by molar-refractivity contribution is 0.0698. The quantitative estimate of drug-likeness (QED) is 0.875. The minimum Gasteiger partial charge on any atom is -0.478 e. The largest absolute Gasteiger partial charge is 0.478 e. The molecule has 0 saturated carbocycles. The minimum absolute atomic E-state index is 0.245. The van der Waals surface area contributed by atoms with E-state index >= 15 is 0 Å². The number of aryl methyl sites for hydroxylation is 1. The molecule has 0 saturated heterocycles. The van der Waals surface area contributed by atoms with Crippen LogP contribution in [0.4, 0.5) is 0 Å². The predicted octanol–water partition coefficient (Wildman–Crippen LogP) is 4.08. The normalized spacial score (nSPS) is 10.4. The van der Waals surface area contributed by atoms with E-state index in [0.717, 1.165) is 15.3 Å². The Morgan fingerprint density at radius 2 is 2.06 bits per heavy atom. The molecule has 1 aromatic heterocycles. The fourth-order valence-corrected chi connectivity index (χ4v) is 2.57. The van der Waals surface area contributed by atoms with E-state index in [1.165, 1.54) is 6.07 Å². The molecule has 4 heteroatoms. The summed E-state index contributed by atoms with van der Waals surface area (Å²) >= 11 is 7.37. The zero-order valence-electron chi connectivity index (χ0n) is 8.53. The van der Waals surface area contributed by atoms with Gasteiger partial charge in [-0.15, -0.1) is 11.3 Å². The van der Waals surface area contributed by atoms with Gasteiger partial charge in [-0.25, -0.2) is 4.79 Å².